The van der Waals surface area contributed by atoms with Crippen LogP contribution in [-0.4, -0.2) is 34.3 Å². The van der Waals surface area contributed by atoms with Gasteiger partial charge in [-0.2, -0.15) is 0 Å². The molecular formula is C27H28N6O2S2. The average molecular weight is 533 g/mol. The van der Waals surface area contributed by atoms with Gasteiger partial charge in [0.15, 0.2) is 5.11 Å². The lowest BCUT2D eigenvalue weighted by Gasteiger charge is -2.29. The normalized spacial score (nSPS) is 17.6. The smallest absolute Gasteiger partial charge is 0.229 e. The topological polar surface area (TPSA) is 92.2 Å². The summed E-state index contributed by atoms with van der Waals surface area (Å²) in [5.41, 5.74) is 7.36. The number of pyridine rings is 2. The van der Waals surface area contributed by atoms with Gasteiger partial charge in [0.1, 0.15) is 0 Å². The average Bonchev–Trinajstić information content (AvgIpc) is 3.35. The number of sulfonamides is 1. The summed E-state index contributed by atoms with van der Waals surface area (Å²) in [7, 11) is -3.39. The van der Waals surface area contributed by atoms with Crippen molar-refractivity contribution in [3.05, 3.63) is 101 Å². The summed E-state index contributed by atoms with van der Waals surface area (Å²) < 4.78 is 28.4. The molecule has 1 aliphatic rings. The lowest BCUT2D eigenvalue weighted by molar-refractivity contribution is 0.565. The Bertz CT molecular complexity index is 1570. The molecule has 1 aliphatic heterocycles. The summed E-state index contributed by atoms with van der Waals surface area (Å²) >= 11 is 5.88. The second-order valence-electron chi connectivity index (χ2n) is 9.24. The molecule has 2 N–H and O–H groups in total. The van der Waals surface area contributed by atoms with Crippen LogP contribution >= 0.6 is 12.2 Å². The first kappa shape index (κ1) is 24.9. The lowest BCUT2D eigenvalue weighted by atomic mass is 9.96. The molecule has 190 valence electrons. The van der Waals surface area contributed by atoms with Crippen molar-refractivity contribution in [1.82, 2.24) is 19.9 Å². The highest BCUT2D eigenvalue weighted by Crippen LogP contribution is 2.44. The van der Waals surface area contributed by atoms with E-state index in [0.717, 1.165) is 45.8 Å². The van der Waals surface area contributed by atoms with Crippen molar-refractivity contribution < 1.29 is 8.42 Å². The van der Waals surface area contributed by atoms with Crippen LogP contribution in [0, 0.1) is 20.8 Å². The largest absolute Gasteiger partial charge is 0.351 e. The van der Waals surface area contributed by atoms with Crippen LogP contribution in [0.3, 0.4) is 0 Å². The second-order valence-corrected chi connectivity index (χ2v) is 11.4. The molecule has 37 heavy (non-hydrogen) atoms. The van der Waals surface area contributed by atoms with Crippen LogP contribution in [0.2, 0.25) is 0 Å². The number of rotatable bonds is 6. The molecule has 5 rings (SSSR count). The minimum absolute atomic E-state index is 0.188. The monoisotopic (exact) mass is 532 g/mol. The van der Waals surface area contributed by atoms with Crippen molar-refractivity contribution in [2.24, 2.45) is 0 Å². The molecule has 3 aromatic heterocycles. The van der Waals surface area contributed by atoms with Crippen LogP contribution in [0.15, 0.2) is 73.2 Å². The molecule has 4 heterocycles. The van der Waals surface area contributed by atoms with Crippen molar-refractivity contribution in [2.45, 2.75) is 32.9 Å². The maximum absolute atomic E-state index is 11.8. The molecule has 8 nitrogen and oxygen atoms in total. The number of thiocarbonyl (C=S) groups is 1. The standard InChI is InChI=1S/C27H28N6O2S2/c1-17-14-20(10-11-23(17)31-37(4,34)35)33-26(25(30-27(33)36)24-9-5-6-13-29-24)22-15-18(2)32(19(22)3)21-8-7-12-28-16-21/h5-16,25-26,31H,1-4H3,(H,30,36)/t25-,26-/m1/s1. The fourth-order valence-corrected chi connectivity index (χ4v) is 6.01. The molecule has 0 saturated carbocycles. The second kappa shape index (κ2) is 9.60. The molecular weight excluding hydrogens is 504 g/mol. The Morgan fingerprint density at radius 2 is 1.81 bits per heavy atom. The van der Waals surface area contributed by atoms with E-state index in [1.165, 1.54) is 0 Å². The summed E-state index contributed by atoms with van der Waals surface area (Å²) in [6.07, 6.45) is 6.55. The first-order chi connectivity index (χ1) is 17.6. The van der Waals surface area contributed by atoms with Gasteiger partial charge in [-0.05, 0) is 92.6 Å². The predicted molar refractivity (Wildman–Crippen MR) is 151 cm³/mol. The summed E-state index contributed by atoms with van der Waals surface area (Å²) in [5, 5.41) is 4.08. The minimum atomic E-state index is -3.39. The Kier molecular flexibility index (Phi) is 6.47. The van der Waals surface area contributed by atoms with Gasteiger partial charge < -0.3 is 14.8 Å². The number of hydrogen-bond acceptors (Lipinski definition) is 5. The number of benzene rings is 1. The Balaban J connectivity index is 1.65. The van der Waals surface area contributed by atoms with E-state index in [1.807, 2.05) is 55.6 Å². The highest BCUT2D eigenvalue weighted by molar-refractivity contribution is 7.92. The van der Waals surface area contributed by atoms with Gasteiger partial charge in [-0.1, -0.05) is 6.07 Å². The molecule has 2 atom stereocenters. The molecule has 0 aliphatic carbocycles. The summed E-state index contributed by atoms with van der Waals surface area (Å²) in [4.78, 5) is 11.1. The van der Waals surface area contributed by atoms with E-state index in [9.17, 15) is 8.42 Å². The summed E-state index contributed by atoms with van der Waals surface area (Å²) in [5.74, 6) is 0. The van der Waals surface area contributed by atoms with Crippen LogP contribution in [-0.2, 0) is 10.0 Å². The summed E-state index contributed by atoms with van der Waals surface area (Å²) in [6.45, 7) is 6.07. The Morgan fingerprint density at radius 1 is 1.00 bits per heavy atom. The number of nitrogens with one attached hydrogen (secondary N) is 2. The third-order valence-electron chi connectivity index (χ3n) is 6.57. The van der Waals surface area contributed by atoms with E-state index < -0.39 is 10.0 Å². The van der Waals surface area contributed by atoms with Crippen LogP contribution < -0.4 is 14.9 Å². The van der Waals surface area contributed by atoms with Gasteiger partial charge in [0.25, 0.3) is 0 Å². The molecule has 10 heteroatoms. The van der Waals surface area contributed by atoms with E-state index in [4.69, 9.17) is 12.2 Å². The van der Waals surface area contributed by atoms with Crippen LogP contribution in [0.25, 0.3) is 5.69 Å². The first-order valence-corrected chi connectivity index (χ1v) is 14.1. The van der Waals surface area contributed by atoms with E-state index in [2.05, 4.69) is 49.4 Å². The van der Waals surface area contributed by atoms with Gasteiger partial charge >= 0.3 is 0 Å². The molecule has 0 unspecified atom stereocenters. The van der Waals surface area contributed by atoms with Gasteiger partial charge in [-0.3, -0.25) is 14.7 Å². The molecule has 4 aromatic rings. The van der Waals surface area contributed by atoms with E-state index in [0.29, 0.717) is 10.8 Å². The quantitative estimate of drug-likeness (QED) is 0.347. The van der Waals surface area contributed by atoms with E-state index >= 15 is 0 Å². The fraction of sp³-hybridized carbons (Fsp3) is 0.222. The van der Waals surface area contributed by atoms with Crippen molar-refractivity contribution in [3.8, 4) is 5.69 Å². The molecule has 0 amide bonds. The van der Waals surface area contributed by atoms with Crippen molar-refractivity contribution >= 4 is 38.7 Å². The van der Waals surface area contributed by atoms with Gasteiger partial charge in [0, 0.05) is 29.5 Å². The molecule has 1 aromatic carbocycles. The molecule has 1 fully saturated rings. The van der Waals surface area contributed by atoms with E-state index in [-0.39, 0.29) is 12.1 Å². The number of hydrogen-bond donors (Lipinski definition) is 2. The molecule has 1 saturated heterocycles. The maximum atomic E-state index is 11.8. The number of aromatic nitrogens is 3. The molecule has 0 bridgehead atoms. The third kappa shape index (κ3) is 4.82. The van der Waals surface area contributed by atoms with Crippen molar-refractivity contribution in [3.63, 3.8) is 0 Å². The van der Waals surface area contributed by atoms with Crippen LogP contribution in [0.4, 0.5) is 11.4 Å². The van der Waals surface area contributed by atoms with Crippen LogP contribution in [0.1, 0.15) is 40.3 Å². The Morgan fingerprint density at radius 3 is 2.46 bits per heavy atom. The van der Waals surface area contributed by atoms with E-state index in [1.54, 1.807) is 18.5 Å². The zero-order valence-electron chi connectivity index (χ0n) is 21.0. The zero-order chi connectivity index (χ0) is 26.3. The molecule has 0 spiro atoms. The van der Waals surface area contributed by atoms with Gasteiger partial charge in [-0.25, -0.2) is 8.42 Å². The summed E-state index contributed by atoms with van der Waals surface area (Å²) in [6, 6.07) is 17.3. The van der Waals surface area contributed by atoms with Gasteiger partial charge in [0.05, 0.1) is 41.6 Å². The number of anilines is 2. The first-order valence-electron chi connectivity index (χ1n) is 11.8. The highest BCUT2D eigenvalue weighted by atomic mass is 32.2. The third-order valence-corrected chi connectivity index (χ3v) is 7.48. The fourth-order valence-electron chi connectivity index (χ4n) is 5.03. The maximum Gasteiger partial charge on any atom is 0.229 e. The van der Waals surface area contributed by atoms with Crippen molar-refractivity contribution in [2.75, 3.05) is 15.9 Å². The zero-order valence-corrected chi connectivity index (χ0v) is 22.6. The highest BCUT2D eigenvalue weighted by Gasteiger charge is 2.42. The Hall–Kier alpha value is -3.76. The van der Waals surface area contributed by atoms with Crippen LogP contribution in [0.5, 0.6) is 0 Å². The van der Waals surface area contributed by atoms with Gasteiger partial charge in [-0.15, -0.1) is 0 Å². The van der Waals surface area contributed by atoms with Crippen molar-refractivity contribution in [1.29, 1.82) is 0 Å². The predicted octanol–water partition coefficient (Wildman–Crippen LogP) is 4.74. The number of nitrogens with zero attached hydrogens (tertiary/aromatic N) is 4. The SMILES string of the molecule is Cc1cc(N2C(=S)N[C@H](c3ccccn3)[C@H]2c2cc(C)n(-c3cccnc3)c2C)ccc1NS(C)(=O)=O. The molecule has 0 radical (unpaired) electrons. The minimum Gasteiger partial charge on any atom is -0.351 e. The lowest BCUT2D eigenvalue weighted by Crippen LogP contribution is -2.29. The Labute approximate surface area is 222 Å². The van der Waals surface area contributed by atoms with Gasteiger partial charge in [0.2, 0.25) is 10.0 Å². The number of aryl methyl sites for hydroxylation is 2.